The maximum absolute atomic E-state index is 10.8. The van der Waals surface area contributed by atoms with Crippen molar-refractivity contribution in [3.8, 4) is 11.5 Å². The van der Waals surface area contributed by atoms with Gasteiger partial charge in [-0.05, 0) is 59.1 Å². The molecule has 0 radical (unpaired) electrons. The van der Waals surface area contributed by atoms with Gasteiger partial charge in [-0.3, -0.25) is 0 Å². The van der Waals surface area contributed by atoms with Gasteiger partial charge in [0.25, 0.3) is 0 Å². The molecule has 1 aromatic carbocycles. The number of carbonyl (C=O) groups is 1. The summed E-state index contributed by atoms with van der Waals surface area (Å²) in [6.45, 7) is 12.5. The van der Waals surface area contributed by atoms with E-state index in [4.69, 9.17) is 9.47 Å². The predicted octanol–water partition coefficient (Wildman–Crippen LogP) is 3.94. The minimum atomic E-state index is -0.189. The first-order chi connectivity index (χ1) is 9.76. The van der Waals surface area contributed by atoms with Crippen molar-refractivity contribution < 1.29 is 14.3 Å². The molecule has 0 fully saturated rings. The van der Waals surface area contributed by atoms with Crippen LogP contribution in [0.15, 0.2) is 0 Å². The summed E-state index contributed by atoms with van der Waals surface area (Å²) in [5.74, 6) is 1.94. The number of aldehydes is 1. The summed E-state index contributed by atoms with van der Waals surface area (Å²) in [4.78, 5) is 10.8. The van der Waals surface area contributed by atoms with Gasteiger partial charge in [-0.25, -0.2) is 0 Å². The largest absolute Gasteiger partial charge is 0.490 e. The molecule has 0 saturated heterocycles. The normalized spacial score (nSPS) is 15.8. The lowest BCUT2D eigenvalue weighted by atomic mass is 9.91. The van der Waals surface area contributed by atoms with E-state index in [9.17, 15) is 4.79 Å². The average molecular weight is 290 g/mol. The zero-order chi connectivity index (χ0) is 15.8. The lowest BCUT2D eigenvalue weighted by Gasteiger charge is -2.21. The van der Waals surface area contributed by atoms with E-state index in [1.807, 2.05) is 13.8 Å². The molecule has 0 aliphatic carbocycles. The van der Waals surface area contributed by atoms with Gasteiger partial charge in [0, 0.05) is 24.0 Å². The number of benzene rings is 1. The van der Waals surface area contributed by atoms with E-state index in [-0.39, 0.29) is 11.7 Å². The Morgan fingerprint density at radius 1 is 1.29 bits per heavy atom. The Labute approximate surface area is 127 Å². The van der Waals surface area contributed by atoms with Crippen molar-refractivity contribution in [2.45, 2.75) is 72.5 Å². The van der Waals surface area contributed by atoms with Gasteiger partial charge in [0.1, 0.15) is 23.4 Å². The molecule has 2 rings (SSSR count). The van der Waals surface area contributed by atoms with Crippen molar-refractivity contribution in [2.75, 3.05) is 0 Å². The van der Waals surface area contributed by atoms with E-state index < -0.39 is 0 Å². The predicted molar refractivity (Wildman–Crippen MR) is 84.5 cm³/mol. The van der Waals surface area contributed by atoms with Crippen LogP contribution in [0.1, 0.15) is 56.4 Å². The summed E-state index contributed by atoms with van der Waals surface area (Å²) in [5.41, 5.74) is 4.47. The van der Waals surface area contributed by atoms with E-state index >= 15 is 0 Å². The van der Waals surface area contributed by atoms with E-state index in [1.54, 1.807) is 0 Å². The lowest BCUT2D eigenvalue weighted by Crippen LogP contribution is -2.25. The molecule has 3 heteroatoms. The molecule has 0 spiro atoms. The Hall–Kier alpha value is -1.51. The third-order valence-corrected chi connectivity index (χ3v) is 3.98. The SMILES string of the molecule is Cc1c(CCC=O)c2c(c(C)c1OC(C)C)CC(C)(C)O2. The van der Waals surface area contributed by atoms with Crippen LogP contribution in [0.4, 0.5) is 0 Å². The number of fused-ring (bicyclic) bond motifs is 1. The van der Waals surface area contributed by atoms with Crippen molar-refractivity contribution in [3.63, 3.8) is 0 Å². The fourth-order valence-corrected chi connectivity index (χ4v) is 3.07. The van der Waals surface area contributed by atoms with Crippen LogP contribution in [0.25, 0.3) is 0 Å². The number of hydrogen-bond acceptors (Lipinski definition) is 3. The molecule has 0 aromatic heterocycles. The molecule has 0 N–H and O–H groups in total. The van der Waals surface area contributed by atoms with Crippen LogP contribution in [-0.2, 0) is 17.6 Å². The summed E-state index contributed by atoms with van der Waals surface area (Å²) < 4.78 is 12.2. The Morgan fingerprint density at radius 3 is 2.52 bits per heavy atom. The van der Waals surface area contributed by atoms with Crippen molar-refractivity contribution in [1.82, 2.24) is 0 Å². The molecule has 0 saturated carbocycles. The third kappa shape index (κ3) is 3.07. The minimum absolute atomic E-state index is 0.134. The molecule has 1 heterocycles. The molecule has 0 atom stereocenters. The molecule has 116 valence electrons. The van der Waals surface area contributed by atoms with Crippen LogP contribution in [-0.4, -0.2) is 18.0 Å². The fraction of sp³-hybridized carbons (Fsp3) is 0.611. The van der Waals surface area contributed by atoms with Crippen molar-refractivity contribution in [2.24, 2.45) is 0 Å². The molecule has 21 heavy (non-hydrogen) atoms. The smallest absolute Gasteiger partial charge is 0.127 e. The fourth-order valence-electron chi connectivity index (χ4n) is 3.07. The topological polar surface area (TPSA) is 35.5 Å². The third-order valence-electron chi connectivity index (χ3n) is 3.98. The lowest BCUT2D eigenvalue weighted by molar-refractivity contribution is -0.107. The van der Waals surface area contributed by atoms with Crippen LogP contribution in [0.3, 0.4) is 0 Å². The molecule has 3 nitrogen and oxygen atoms in total. The quantitative estimate of drug-likeness (QED) is 0.771. The summed E-state index contributed by atoms with van der Waals surface area (Å²) in [6, 6.07) is 0. The van der Waals surface area contributed by atoms with Crippen molar-refractivity contribution in [1.29, 1.82) is 0 Å². The highest BCUT2D eigenvalue weighted by molar-refractivity contribution is 5.62. The summed E-state index contributed by atoms with van der Waals surface area (Å²) in [7, 11) is 0. The molecule has 1 aromatic rings. The number of ether oxygens (including phenoxy) is 2. The molecule has 0 amide bonds. The number of carbonyl (C=O) groups excluding carboxylic acids is 1. The van der Waals surface area contributed by atoms with Crippen LogP contribution in [0.5, 0.6) is 11.5 Å². The van der Waals surface area contributed by atoms with Crippen LogP contribution >= 0.6 is 0 Å². The molecular weight excluding hydrogens is 264 g/mol. The zero-order valence-corrected chi connectivity index (χ0v) is 14.0. The first kappa shape index (κ1) is 15.9. The Morgan fingerprint density at radius 2 is 1.95 bits per heavy atom. The number of rotatable bonds is 5. The first-order valence-electron chi connectivity index (χ1n) is 7.71. The molecule has 0 bridgehead atoms. The zero-order valence-electron chi connectivity index (χ0n) is 14.0. The maximum atomic E-state index is 10.8. The van der Waals surface area contributed by atoms with Crippen molar-refractivity contribution in [3.05, 3.63) is 22.3 Å². The van der Waals surface area contributed by atoms with Gasteiger partial charge >= 0.3 is 0 Å². The minimum Gasteiger partial charge on any atom is -0.490 e. The molecule has 1 aliphatic heterocycles. The van der Waals surface area contributed by atoms with Crippen LogP contribution in [0, 0.1) is 13.8 Å². The van der Waals surface area contributed by atoms with Gasteiger partial charge in [-0.1, -0.05) is 0 Å². The van der Waals surface area contributed by atoms with E-state index in [1.165, 1.54) is 11.1 Å². The van der Waals surface area contributed by atoms with Gasteiger partial charge in [0.15, 0.2) is 0 Å². The van der Waals surface area contributed by atoms with Crippen LogP contribution < -0.4 is 9.47 Å². The monoisotopic (exact) mass is 290 g/mol. The number of hydrogen-bond donors (Lipinski definition) is 0. The molecule has 1 aliphatic rings. The highest BCUT2D eigenvalue weighted by atomic mass is 16.5. The Bertz CT molecular complexity index is 553. The van der Waals surface area contributed by atoms with E-state index in [2.05, 4.69) is 27.7 Å². The highest BCUT2D eigenvalue weighted by Crippen LogP contribution is 2.46. The van der Waals surface area contributed by atoms with Gasteiger partial charge in [0.05, 0.1) is 6.10 Å². The summed E-state index contributed by atoms with van der Waals surface area (Å²) in [6.07, 6.45) is 3.21. The second-order valence-electron chi connectivity index (χ2n) is 6.78. The van der Waals surface area contributed by atoms with Gasteiger partial charge in [-0.2, -0.15) is 0 Å². The van der Waals surface area contributed by atoms with Crippen molar-refractivity contribution >= 4 is 6.29 Å². The second kappa shape index (κ2) is 5.70. The van der Waals surface area contributed by atoms with E-state index in [0.717, 1.165) is 35.3 Å². The Balaban J connectivity index is 2.58. The second-order valence-corrected chi connectivity index (χ2v) is 6.78. The van der Waals surface area contributed by atoms with Crippen LogP contribution in [0.2, 0.25) is 0 Å². The standard InChI is InChI=1S/C18H26O3/c1-11(2)20-16-12(3)14(8-7-9-19)17-15(13(16)4)10-18(5,6)21-17/h9,11H,7-8,10H2,1-6H3. The Kier molecular flexibility index (Phi) is 4.31. The van der Waals surface area contributed by atoms with Gasteiger partial charge in [0.2, 0.25) is 0 Å². The summed E-state index contributed by atoms with van der Waals surface area (Å²) >= 11 is 0. The molecule has 0 unspecified atom stereocenters. The van der Waals surface area contributed by atoms with E-state index in [0.29, 0.717) is 12.8 Å². The summed E-state index contributed by atoms with van der Waals surface area (Å²) in [5, 5.41) is 0. The van der Waals surface area contributed by atoms with Gasteiger partial charge in [-0.15, -0.1) is 0 Å². The van der Waals surface area contributed by atoms with Gasteiger partial charge < -0.3 is 14.3 Å². The maximum Gasteiger partial charge on any atom is 0.127 e. The average Bonchev–Trinajstić information content (AvgIpc) is 2.70. The highest BCUT2D eigenvalue weighted by Gasteiger charge is 2.35. The molecular formula is C18H26O3. The first-order valence-corrected chi connectivity index (χ1v) is 7.71.